The van der Waals surface area contributed by atoms with Crippen molar-refractivity contribution in [3.63, 3.8) is 0 Å². The first kappa shape index (κ1) is 23.1. The molecule has 0 spiro atoms. The van der Waals surface area contributed by atoms with Gasteiger partial charge in [-0.1, -0.05) is 23.7 Å². The second-order valence-electron chi connectivity index (χ2n) is 8.08. The van der Waals surface area contributed by atoms with Gasteiger partial charge in [0, 0.05) is 56.7 Å². The molecular weight excluding hydrogens is 472 g/mol. The zero-order valence-corrected chi connectivity index (χ0v) is 19.4. The van der Waals surface area contributed by atoms with Gasteiger partial charge >= 0.3 is 0 Å². The number of benzene rings is 2. The zero-order chi connectivity index (χ0) is 24.2. The van der Waals surface area contributed by atoms with E-state index in [4.69, 9.17) is 11.6 Å². The second kappa shape index (κ2) is 10.3. The van der Waals surface area contributed by atoms with E-state index in [0.717, 1.165) is 31.7 Å². The standard InChI is InChI=1S/C25H22ClF2N7/c26-19-14-18(20(27)15-21(19)28)25-31-8-6-23(34-25)32-22-5-7-30-24(33-22)13-16-1-3-17(4-2-16)35-11-9-29-10-12-35/h1-8,14-15,29H,9-13H2,(H,30,31,32,33,34). The molecule has 5 rings (SSSR count). The summed E-state index contributed by atoms with van der Waals surface area (Å²) < 4.78 is 27.7. The first-order chi connectivity index (χ1) is 17.0. The van der Waals surface area contributed by atoms with E-state index < -0.39 is 11.6 Å². The summed E-state index contributed by atoms with van der Waals surface area (Å²) in [7, 11) is 0. The molecule has 0 unspecified atom stereocenters. The van der Waals surface area contributed by atoms with Gasteiger partial charge in [-0.15, -0.1) is 0 Å². The van der Waals surface area contributed by atoms with E-state index in [9.17, 15) is 8.78 Å². The molecule has 4 aromatic rings. The SMILES string of the molecule is Fc1cc(F)c(-c2nccc(Nc3ccnc(Cc4ccc(N5CCNCC5)cc4)n3)n2)cc1Cl. The van der Waals surface area contributed by atoms with Gasteiger partial charge in [-0.25, -0.2) is 28.7 Å². The summed E-state index contributed by atoms with van der Waals surface area (Å²) in [5.74, 6) is 0.0314. The molecule has 1 aliphatic heterocycles. The molecule has 178 valence electrons. The van der Waals surface area contributed by atoms with E-state index in [1.165, 1.54) is 18.0 Å². The van der Waals surface area contributed by atoms with Crippen LogP contribution in [-0.2, 0) is 6.42 Å². The van der Waals surface area contributed by atoms with E-state index in [2.05, 4.69) is 59.7 Å². The summed E-state index contributed by atoms with van der Waals surface area (Å²) in [6.45, 7) is 4.00. The zero-order valence-electron chi connectivity index (χ0n) is 18.7. The highest BCUT2D eigenvalue weighted by Gasteiger charge is 2.14. The first-order valence-corrected chi connectivity index (χ1v) is 11.5. The lowest BCUT2D eigenvalue weighted by molar-refractivity contribution is 0.585. The predicted molar refractivity (Wildman–Crippen MR) is 132 cm³/mol. The van der Waals surface area contributed by atoms with Crippen molar-refractivity contribution in [3.05, 3.63) is 89.0 Å². The van der Waals surface area contributed by atoms with Crippen LogP contribution in [0.15, 0.2) is 60.9 Å². The van der Waals surface area contributed by atoms with E-state index in [-0.39, 0.29) is 16.4 Å². The second-order valence-corrected chi connectivity index (χ2v) is 8.48. The summed E-state index contributed by atoms with van der Waals surface area (Å²) in [6.07, 6.45) is 3.72. The maximum Gasteiger partial charge on any atom is 0.164 e. The van der Waals surface area contributed by atoms with Crippen LogP contribution in [0.5, 0.6) is 0 Å². The molecule has 3 heterocycles. The molecule has 1 fully saturated rings. The van der Waals surface area contributed by atoms with Crippen molar-refractivity contribution >= 4 is 28.9 Å². The van der Waals surface area contributed by atoms with Gasteiger partial charge in [0.15, 0.2) is 5.82 Å². The molecule has 0 atom stereocenters. The molecule has 10 heteroatoms. The van der Waals surface area contributed by atoms with Crippen LogP contribution in [0, 0.1) is 11.6 Å². The Labute approximate surface area is 206 Å². The fraction of sp³-hybridized carbons (Fsp3) is 0.200. The molecule has 0 saturated carbocycles. The highest BCUT2D eigenvalue weighted by Crippen LogP contribution is 2.27. The van der Waals surface area contributed by atoms with Crippen molar-refractivity contribution in [2.75, 3.05) is 36.4 Å². The lowest BCUT2D eigenvalue weighted by Gasteiger charge is -2.29. The molecular formula is C25H22ClF2N7. The van der Waals surface area contributed by atoms with Crippen LogP contribution >= 0.6 is 11.6 Å². The van der Waals surface area contributed by atoms with Crippen molar-refractivity contribution in [3.8, 4) is 11.4 Å². The summed E-state index contributed by atoms with van der Waals surface area (Å²) in [4.78, 5) is 19.7. The number of piperazine rings is 1. The summed E-state index contributed by atoms with van der Waals surface area (Å²) in [5, 5.41) is 6.25. The van der Waals surface area contributed by atoms with Gasteiger partial charge in [-0.2, -0.15) is 0 Å². The Balaban J connectivity index is 1.29. The minimum atomic E-state index is -0.839. The molecule has 2 N–H and O–H groups in total. The molecule has 0 amide bonds. The lowest BCUT2D eigenvalue weighted by atomic mass is 10.1. The van der Waals surface area contributed by atoms with Crippen molar-refractivity contribution in [2.24, 2.45) is 0 Å². The Morgan fingerprint density at radius 1 is 0.886 bits per heavy atom. The number of hydrogen-bond donors (Lipinski definition) is 2. The van der Waals surface area contributed by atoms with E-state index in [1.54, 1.807) is 18.3 Å². The average Bonchev–Trinajstić information content (AvgIpc) is 2.88. The van der Waals surface area contributed by atoms with Crippen LogP contribution in [0.2, 0.25) is 5.02 Å². The lowest BCUT2D eigenvalue weighted by Crippen LogP contribution is -2.43. The maximum absolute atomic E-state index is 14.2. The van der Waals surface area contributed by atoms with Crippen LogP contribution in [0.3, 0.4) is 0 Å². The van der Waals surface area contributed by atoms with E-state index in [1.807, 2.05) is 0 Å². The molecule has 0 bridgehead atoms. The summed E-state index contributed by atoms with van der Waals surface area (Å²) in [6, 6.07) is 13.7. The highest BCUT2D eigenvalue weighted by molar-refractivity contribution is 6.31. The Bertz CT molecular complexity index is 1330. The van der Waals surface area contributed by atoms with Crippen LogP contribution in [-0.4, -0.2) is 46.1 Å². The van der Waals surface area contributed by atoms with Gasteiger partial charge in [-0.3, -0.25) is 0 Å². The minimum absolute atomic E-state index is 0.00712. The fourth-order valence-electron chi connectivity index (χ4n) is 3.87. The van der Waals surface area contributed by atoms with Crippen LogP contribution < -0.4 is 15.5 Å². The molecule has 0 radical (unpaired) electrons. The van der Waals surface area contributed by atoms with E-state index in [0.29, 0.717) is 29.9 Å². The van der Waals surface area contributed by atoms with Crippen molar-refractivity contribution in [1.82, 2.24) is 25.3 Å². The number of nitrogens with zero attached hydrogens (tertiary/aromatic N) is 5. The van der Waals surface area contributed by atoms with Crippen LogP contribution in [0.4, 0.5) is 26.1 Å². The predicted octanol–water partition coefficient (Wildman–Crippen LogP) is 4.61. The molecule has 0 aliphatic carbocycles. The molecule has 2 aromatic carbocycles. The number of rotatable bonds is 6. The summed E-state index contributed by atoms with van der Waals surface area (Å²) >= 11 is 5.80. The molecule has 35 heavy (non-hydrogen) atoms. The third-order valence-electron chi connectivity index (χ3n) is 5.65. The molecule has 1 saturated heterocycles. The van der Waals surface area contributed by atoms with Gasteiger partial charge in [0.1, 0.15) is 29.1 Å². The van der Waals surface area contributed by atoms with Gasteiger partial charge in [-0.05, 0) is 35.9 Å². The topological polar surface area (TPSA) is 78.9 Å². The monoisotopic (exact) mass is 493 g/mol. The average molecular weight is 494 g/mol. The number of hydrogen-bond acceptors (Lipinski definition) is 7. The van der Waals surface area contributed by atoms with Crippen LogP contribution in [0.25, 0.3) is 11.4 Å². The Morgan fingerprint density at radius 3 is 2.37 bits per heavy atom. The minimum Gasteiger partial charge on any atom is -0.369 e. The normalized spacial score (nSPS) is 13.6. The van der Waals surface area contributed by atoms with Gasteiger partial charge < -0.3 is 15.5 Å². The molecule has 1 aliphatic rings. The highest BCUT2D eigenvalue weighted by atomic mass is 35.5. The first-order valence-electron chi connectivity index (χ1n) is 11.2. The third kappa shape index (κ3) is 5.52. The largest absolute Gasteiger partial charge is 0.369 e. The van der Waals surface area contributed by atoms with E-state index >= 15 is 0 Å². The number of anilines is 3. The Morgan fingerprint density at radius 2 is 1.60 bits per heavy atom. The molecule has 7 nitrogen and oxygen atoms in total. The third-order valence-corrected chi connectivity index (χ3v) is 5.94. The smallest absolute Gasteiger partial charge is 0.164 e. The van der Waals surface area contributed by atoms with Crippen LogP contribution in [0.1, 0.15) is 11.4 Å². The van der Waals surface area contributed by atoms with Gasteiger partial charge in [0.25, 0.3) is 0 Å². The van der Waals surface area contributed by atoms with Crippen molar-refractivity contribution < 1.29 is 8.78 Å². The van der Waals surface area contributed by atoms with Gasteiger partial charge in [0.05, 0.1) is 10.6 Å². The number of aromatic nitrogens is 4. The fourth-order valence-corrected chi connectivity index (χ4v) is 4.03. The van der Waals surface area contributed by atoms with Crippen molar-refractivity contribution in [2.45, 2.75) is 6.42 Å². The molecule has 2 aromatic heterocycles. The summed E-state index contributed by atoms with van der Waals surface area (Å²) in [5.41, 5.74) is 2.33. The quantitative estimate of drug-likeness (QED) is 0.380. The van der Waals surface area contributed by atoms with Gasteiger partial charge in [0.2, 0.25) is 0 Å². The number of nitrogens with one attached hydrogen (secondary N) is 2. The van der Waals surface area contributed by atoms with Crippen molar-refractivity contribution in [1.29, 1.82) is 0 Å². The number of halogens is 3. The Kier molecular flexibility index (Phi) is 6.78. The maximum atomic E-state index is 14.2. The Hall–Kier alpha value is -3.69.